The van der Waals surface area contributed by atoms with Crippen molar-refractivity contribution in [1.29, 1.82) is 0 Å². The Kier molecular flexibility index (Phi) is 2.12. The summed E-state index contributed by atoms with van der Waals surface area (Å²) in [7, 11) is 1.69. The maximum absolute atomic E-state index is 12.2. The molecule has 0 aliphatic carbocycles. The highest BCUT2D eigenvalue weighted by atomic mass is 16.3. The first kappa shape index (κ1) is 11.0. The van der Waals surface area contributed by atoms with Crippen molar-refractivity contribution in [3.05, 3.63) is 18.5 Å². The zero-order valence-electron chi connectivity index (χ0n) is 10.2. The third kappa shape index (κ3) is 1.26. The Labute approximate surface area is 104 Å². The predicted octanol–water partition coefficient (Wildman–Crippen LogP) is 0.702. The Hall–Kier alpha value is -2.08. The standard InChI is InChI=1S/C12H14N4O2/c1-12(6-17)11(18)16(2)8-5-14-10-7(3-4-13-10)9(8)15-12/h3-5,15,17H,6H2,1-2H3,(H,13,14). The number of amides is 1. The van der Waals surface area contributed by atoms with Gasteiger partial charge < -0.3 is 20.3 Å². The van der Waals surface area contributed by atoms with Crippen molar-refractivity contribution >= 4 is 28.3 Å². The molecule has 3 rings (SSSR count). The van der Waals surface area contributed by atoms with Crippen LogP contribution >= 0.6 is 0 Å². The number of carbonyl (C=O) groups excluding carboxylic acids is 1. The molecule has 1 unspecified atom stereocenters. The minimum atomic E-state index is -0.993. The molecule has 3 N–H and O–H groups in total. The number of aliphatic hydroxyl groups is 1. The minimum Gasteiger partial charge on any atom is -0.393 e. The van der Waals surface area contributed by atoms with Crippen molar-refractivity contribution in [3.8, 4) is 0 Å². The maximum Gasteiger partial charge on any atom is 0.254 e. The monoisotopic (exact) mass is 246 g/mol. The number of hydrogen-bond donors (Lipinski definition) is 3. The summed E-state index contributed by atoms with van der Waals surface area (Å²) in [6.07, 6.45) is 3.45. The molecule has 0 saturated carbocycles. The topological polar surface area (TPSA) is 81.2 Å². The van der Waals surface area contributed by atoms with Crippen LogP contribution in [0.4, 0.5) is 11.4 Å². The number of H-pyrrole nitrogens is 1. The van der Waals surface area contributed by atoms with Crippen LogP contribution in [0.2, 0.25) is 0 Å². The molecule has 0 saturated heterocycles. The van der Waals surface area contributed by atoms with E-state index >= 15 is 0 Å². The van der Waals surface area contributed by atoms with E-state index in [9.17, 15) is 9.90 Å². The number of rotatable bonds is 1. The fourth-order valence-corrected chi connectivity index (χ4v) is 2.30. The van der Waals surface area contributed by atoms with Gasteiger partial charge >= 0.3 is 0 Å². The van der Waals surface area contributed by atoms with E-state index in [2.05, 4.69) is 15.3 Å². The number of fused-ring (bicyclic) bond motifs is 3. The molecule has 3 heterocycles. The molecule has 0 fully saturated rings. The lowest BCUT2D eigenvalue weighted by Crippen LogP contribution is -2.56. The van der Waals surface area contributed by atoms with Crippen LogP contribution < -0.4 is 10.2 Å². The average molecular weight is 246 g/mol. The summed E-state index contributed by atoms with van der Waals surface area (Å²) in [5.41, 5.74) is 1.30. The van der Waals surface area contributed by atoms with Crippen molar-refractivity contribution in [2.45, 2.75) is 12.5 Å². The zero-order valence-corrected chi connectivity index (χ0v) is 10.2. The van der Waals surface area contributed by atoms with Crippen molar-refractivity contribution in [1.82, 2.24) is 9.97 Å². The molecular weight excluding hydrogens is 232 g/mol. The molecule has 1 aliphatic rings. The van der Waals surface area contributed by atoms with Crippen LogP contribution in [0.3, 0.4) is 0 Å². The molecule has 6 heteroatoms. The highest BCUT2D eigenvalue weighted by molar-refractivity contribution is 6.12. The maximum atomic E-state index is 12.2. The van der Waals surface area contributed by atoms with Crippen LogP contribution in [-0.4, -0.2) is 40.2 Å². The van der Waals surface area contributed by atoms with Gasteiger partial charge in [-0.3, -0.25) is 4.79 Å². The van der Waals surface area contributed by atoms with Crippen LogP contribution in [0, 0.1) is 0 Å². The molecule has 1 atom stereocenters. The number of nitrogens with one attached hydrogen (secondary N) is 2. The number of nitrogens with zero attached hydrogens (tertiary/aromatic N) is 2. The van der Waals surface area contributed by atoms with E-state index in [1.54, 1.807) is 26.4 Å². The number of aliphatic hydroxyl groups excluding tert-OH is 1. The Morgan fingerprint density at radius 3 is 3.06 bits per heavy atom. The molecule has 2 aromatic heterocycles. The van der Waals surface area contributed by atoms with Crippen molar-refractivity contribution in [3.63, 3.8) is 0 Å². The second-order valence-corrected chi connectivity index (χ2v) is 4.74. The van der Waals surface area contributed by atoms with Crippen molar-refractivity contribution < 1.29 is 9.90 Å². The van der Waals surface area contributed by atoms with Gasteiger partial charge in [0.05, 0.1) is 24.2 Å². The summed E-state index contributed by atoms with van der Waals surface area (Å²) in [6, 6.07) is 1.90. The first-order valence-electron chi connectivity index (χ1n) is 5.70. The van der Waals surface area contributed by atoms with E-state index in [-0.39, 0.29) is 12.5 Å². The van der Waals surface area contributed by atoms with E-state index in [1.165, 1.54) is 4.90 Å². The fourth-order valence-electron chi connectivity index (χ4n) is 2.30. The first-order valence-corrected chi connectivity index (χ1v) is 5.70. The van der Waals surface area contributed by atoms with Crippen LogP contribution in [-0.2, 0) is 4.79 Å². The Morgan fingerprint density at radius 2 is 2.33 bits per heavy atom. The first-order chi connectivity index (χ1) is 8.57. The van der Waals surface area contributed by atoms with Crippen molar-refractivity contribution in [2.24, 2.45) is 0 Å². The molecule has 6 nitrogen and oxygen atoms in total. The largest absolute Gasteiger partial charge is 0.393 e. The Bertz CT molecular complexity index is 636. The van der Waals surface area contributed by atoms with Gasteiger partial charge in [-0.1, -0.05) is 0 Å². The van der Waals surface area contributed by atoms with E-state index in [4.69, 9.17) is 0 Å². The summed E-state index contributed by atoms with van der Waals surface area (Å²) in [4.78, 5) is 21.0. The summed E-state index contributed by atoms with van der Waals surface area (Å²) in [5.74, 6) is -0.172. The number of aromatic amines is 1. The summed E-state index contributed by atoms with van der Waals surface area (Å²) < 4.78 is 0. The number of hydrogen-bond acceptors (Lipinski definition) is 4. The minimum absolute atomic E-state index is 0.172. The van der Waals surface area contributed by atoms with Gasteiger partial charge in [-0.25, -0.2) is 4.98 Å². The molecule has 0 aromatic carbocycles. The third-order valence-electron chi connectivity index (χ3n) is 3.42. The van der Waals surface area contributed by atoms with Gasteiger partial charge in [-0.2, -0.15) is 0 Å². The third-order valence-corrected chi connectivity index (χ3v) is 3.42. The number of anilines is 2. The molecule has 1 aliphatic heterocycles. The Morgan fingerprint density at radius 1 is 1.56 bits per heavy atom. The number of aromatic nitrogens is 2. The van der Waals surface area contributed by atoms with Gasteiger partial charge in [0.25, 0.3) is 5.91 Å². The summed E-state index contributed by atoms with van der Waals surface area (Å²) in [5, 5.41) is 13.5. The van der Waals surface area contributed by atoms with Crippen LogP contribution in [0.25, 0.3) is 11.0 Å². The van der Waals surface area contributed by atoms with Gasteiger partial charge in [0.15, 0.2) is 0 Å². The van der Waals surface area contributed by atoms with Gasteiger partial charge in [0.1, 0.15) is 11.2 Å². The van der Waals surface area contributed by atoms with Gasteiger partial charge in [-0.05, 0) is 13.0 Å². The van der Waals surface area contributed by atoms with Gasteiger partial charge in [-0.15, -0.1) is 0 Å². The zero-order chi connectivity index (χ0) is 12.9. The molecule has 18 heavy (non-hydrogen) atoms. The number of likely N-dealkylation sites (N-methyl/N-ethyl adjacent to an activating group) is 1. The molecule has 0 bridgehead atoms. The normalized spacial score (nSPS) is 23.1. The molecule has 94 valence electrons. The SMILES string of the molecule is CN1C(=O)C(C)(CO)Nc2c1cnc1[nH]ccc21. The molecule has 0 spiro atoms. The highest BCUT2D eigenvalue weighted by Gasteiger charge is 2.41. The van der Waals surface area contributed by atoms with Crippen molar-refractivity contribution in [2.75, 3.05) is 23.9 Å². The lowest BCUT2D eigenvalue weighted by molar-refractivity contribution is -0.123. The summed E-state index contributed by atoms with van der Waals surface area (Å²) >= 11 is 0. The fraction of sp³-hybridized carbons (Fsp3) is 0.333. The van der Waals surface area contributed by atoms with E-state index in [0.717, 1.165) is 22.4 Å². The van der Waals surface area contributed by atoms with Crippen LogP contribution in [0.15, 0.2) is 18.5 Å². The highest BCUT2D eigenvalue weighted by Crippen LogP contribution is 2.38. The predicted molar refractivity (Wildman–Crippen MR) is 68.6 cm³/mol. The van der Waals surface area contributed by atoms with Crippen LogP contribution in [0.1, 0.15) is 6.92 Å². The van der Waals surface area contributed by atoms with Crippen LogP contribution in [0.5, 0.6) is 0 Å². The van der Waals surface area contributed by atoms with Gasteiger partial charge in [0.2, 0.25) is 0 Å². The molecule has 2 aromatic rings. The molecular formula is C12H14N4O2. The number of pyridine rings is 1. The van der Waals surface area contributed by atoms with E-state index in [1.807, 2.05) is 6.07 Å². The smallest absolute Gasteiger partial charge is 0.254 e. The lowest BCUT2D eigenvalue weighted by Gasteiger charge is -2.39. The second-order valence-electron chi connectivity index (χ2n) is 4.74. The second kappa shape index (κ2) is 3.46. The Balaban J connectivity index is 2.27. The summed E-state index contributed by atoms with van der Waals surface area (Å²) in [6.45, 7) is 1.43. The van der Waals surface area contributed by atoms with E-state index in [0.29, 0.717) is 0 Å². The average Bonchev–Trinajstić information content (AvgIpc) is 2.85. The molecule has 0 radical (unpaired) electrons. The van der Waals surface area contributed by atoms with Gasteiger partial charge in [0, 0.05) is 18.6 Å². The quantitative estimate of drug-likeness (QED) is 0.692. The molecule has 1 amide bonds. The number of carbonyl (C=O) groups is 1. The van der Waals surface area contributed by atoms with E-state index < -0.39 is 5.54 Å². The lowest BCUT2D eigenvalue weighted by atomic mass is 9.97.